The smallest absolute Gasteiger partial charge is 0.255 e. The minimum Gasteiger partial charge on any atom is -0.383 e. The highest BCUT2D eigenvalue weighted by Gasteiger charge is 2.31. The molecule has 0 aliphatic rings. The second-order valence-corrected chi connectivity index (χ2v) is 3.84. The first-order chi connectivity index (χ1) is 7.57. The average Bonchev–Trinajstić information content (AvgIpc) is 2.78. The summed E-state index contributed by atoms with van der Waals surface area (Å²) in [7, 11) is 1.59. The van der Waals surface area contributed by atoms with Crippen LogP contribution in [0, 0.1) is 0 Å². The molecule has 6 nitrogen and oxygen atoms in total. The van der Waals surface area contributed by atoms with Crippen molar-refractivity contribution in [3.8, 4) is 0 Å². The maximum atomic E-state index is 9.63. The zero-order chi connectivity index (χ0) is 12.2. The van der Waals surface area contributed by atoms with Crippen LogP contribution in [0.2, 0.25) is 0 Å². The highest BCUT2D eigenvalue weighted by Crippen LogP contribution is 2.26. The summed E-state index contributed by atoms with van der Waals surface area (Å²) in [6.07, 6.45) is 0.316. The summed E-state index contributed by atoms with van der Waals surface area (Å²) in [4.78, 5) is 4.13. The van der Waals surface area contributed by atoms with Gasteiger partial charge in [0.1, 0.15) is 11.7 Å². The van der Waals surface area contributed by atoms with Gasteiger partial charge in [0.15, 0.2) is 0 Å². The molecule has 6 heteroatoms. The SMILES string of the molecule is CCC(C)(OC)c1noc([C@@H](O)CCN)n1. The molecule has 3 N–H and O–H groups in total. The Kier molecular flexibility index (Phi) is 4.40. The van der Waals surface area contributed by atoms with Crippen LogP contribution < -0.4 is 5.73 Å². The van der Waals surface area contributed by atoms with Crippen LogP contribution in [0.15, 0.2) is 4.52 Å². The molecule has 1 aromatic rings. The Hall–Kier alpha value is -0.980. The number of methoxy groups -OCH3 is 1. The van der Waals surface area contributed by atoms with E-state index in [1.807, 2.05) is 13.8 Å². The molecule has 0 amide bonds. The molecule has 0 saturated carbocycles. The van der Waals surface area contributed by atoms with Crippen LogP contribution in [-0.2, 0) is 10.3 Å². The van der Waals surface area contributed by atoms with Gasteiger partial charge in [0.05, 0.1) is 0 Å². The summed E-state index contributed by atoms with van der Waals surface area (Å²) < 4.78 is 10.3. The van der Waals surface area contributed by atoms with E-state index in [0.29, 0.717) is 18.8 Å². The van der Waals surface area contributed by atoms with E-state index in [-0.39, 0.29) is 5.89 Å². The normalized spacial score (nSPS) is 17.1. The Bertz CT molecular complexity index is 323. The van der Waals surface area contributed by atoms with Crippen molar-refractivity contribution in [3.63, 3.8) is 0 Å². The van der Waals surface area contributed by atoms with Crippen LogP contribution in [0.25, 0.3) is 0 Å². The monoisotopic (exact) mass is 229 g/mol. The maximum Gasteiger partial charge on any atom is 0.255 e. The molecule has 1 heterocycles. The molecule has 0 aliphatic heterocycles. The quantitative estimate of drug-likeness (QED) is 0.746. The van der Waals surface area contributed by atoms with Gasteiger partial charge in [-0.3, -0.25) is 0 Å². The third kappa shape index (κ3) is 2.58. The van der Waals surface area contributed by atoms with Crippen LogP contribution >= 0.6 is 0 Å². The van der Waals surface area contributed by atoms with Gasteiger partial charge in [-0.1, -0.05) is 12.1 Å². The van der Waals surface area contributed by atoms with Gasteiger partial charge >= 0.3 is 0 Å². The minimum atomic E-state index is -0.802. The van der Waals surface area contributed by atoms with Crippen molar-refractivity contribution in [3.05, 3.63) is 11.7 Å². The second-order valence-electron chi connectivity index (χ2n) is 3.84. The standard InChI is InChI=1S/C10H19N3O3/c1-4-10(2,15-3)9-12-8(16-13-9)7(14)5-6-11/h7,14H,4-6,11H2,1-3H3/t7-,10?/m0/s1. The number of ether oxygens (including phenoxy) is 1. The number of aliphatic hydroxyl groups excluding tert-OH is 1. The van der Waals surface area contributed by atoms with E-state index in [9.17, 15) is 5.11 Å². The summed E-state index contributed by atoms with van der Waals surface area (Å²) in [5, 5.41) is 13.4. The van der Waals surface area contributed by atoms with Gasteiger partial charge in [-0.2, -0.15) is 4.98 Å². The molecule has 0 spiro atoms. The minimum absolute atomic E-state index is 0.192. The molecule has 0 bridgehead atoms. The Morgan fingerprint density at radius 2 is 2.31 bits per heavy atom. The summed E-state index contributed by atoms with van der Waals surface area (Å²) >= 11 is 0. The Morgan fingerprint density at radius 3 is 2.81 bits per heavy atom. The van der Waals surface area contributed by atoms with Crippen LogP contribution in [0.4, 0.5) is 0 Å². The summed E-state index contributed by atoms with van der Waals surface area (Å²) in [6.45, 7) is 4.21. The molecular weight excluding hydrogens is 210 g/mol. The third-order valence-corrected chi connectivity index (χ3v) is 2.77. The fourth-order valence-corrected chi connectivity index (χ4v) is 1.26. The zero-order valence-corrected chi connectivity index (χ0v) is 9.93. The predicted molar refractivity (Wildman–Crippen MR) is 57.6 cm³/mol. The van der Waals surface area contributed by atoms with Crippen molar-refractivity contribution in [1.82, 2.24) is 10.1 Å². The van der Waals surface area contributed by atoms with Crippen LogP contribution in [-0.4, -0.2) is 28.9 Å². The molecule has 0 aromatic carbocycles. The molecule has 92 valence electrons. The van der Waals surface area contributed by atoms with E-state index in [0.717, 1.165) is 6.42 Å². The summed E-state index contributed by atoms with van der Waals surface area (Å²) in [5.41, 5.74) is 4.76. The number of nitrogens with two attached hydrogens (primary N) is 1. The molecule has 1 aromatic heterocycles. The summed E-state index contributed by atoms with van der Waals surface area (Å²) in [5.74, 6) is 0.640. The lowest BCUT2D eigenvalue weighted by Crippen LogP contribution is -2.25. The van der Waals surface area contributed by atoms with E-state index in [4.69, 9.17) is 15.0 Å². The van der Waals surface area contributed by atoms with Crippen molar-refractivity contribution in [2.45, 2.75) is 38.4 Å². The predicted octanol–water partition coefficient (Wildman–Crippen LogP) is 0.723. The van der Waals surface area contributed by atoms with Crippen LogP contribution in [0.1, 0.15) is 44.5 Å². The lowest BCUT2D eigenvalue weighted by atomic mass is 10.0. The molecule has 0 saturated heterocycles. The fraction of sp³-hybridized carbons (Fsp3) is 0.800. The highest BCUT2D eigenvalue weighted by molar-refractivity contribution is 5.00. The molecule has 0 radical (unpaired) electrons. The first kappa shape index (κ1) is 13.1. The molecule has 0 aliphatic carbocycles. The zero-order valence-electron chi connectivity index (χ0n) is 9.93. The van der Waals surface area contributed by atoms with Gasteiger partial charge in [0, 0.05) is 7.11 Å². The average molecular weight is 229 g/mol. The number of aliphatic hydroxyl groups is 1. The fourth-order valence-electron chi connectivity index (χ4n) is 1.26. The van der Waals surface area contributed by atoms with Crippen molar-refractivity contribution in [2.75, 3.05) is 13.7 Å². The molecule has 2 atom stereocenters. The first-order valence-corrected chi connectivity index (χ1v) is 5.34. The molecule has 1 unspecified atom stereocenters. The topological polar surface area (TPSA) is 94.4 Å². The Labute approximate surface area is 94.8 Å². The Balaban J connectivity index is 2.85. The number of hydrogen-bond acceptors (Lipinski definition) is 6. The van der Waals surface area contributed by atoms with Crippen molar-refractivity contribution in [1.29, 1.82) is 0 Å². The van der Waals surface area contributed by atoms with Gasteiger partial charge in [0.25, 0.3) is 5.89 Å². The van der Waals surface area contributed by atoms with Gasteiger partial charge in [0.2, 0.25) is 5.82 Å². The van der Waals surface area contributed by atoms with Gasteiger partial charge in [-0.15, -0.1) is 0 Å². The largest absolute Gasteiger partial charge is 0.383 e. The second kappa shape index (κ2) is 5.38. The Morgan fingerprint density at radius 1 is 1.62 bits per heavy atom. The van der Waals surface area contributed by atoms with Crippen molar-refractivity contribution in [2.24, 2.45) is 5.73 Å². The molecular formula is C10H19N3O3. The molecule has 0 fully saturated rings. The first-order valence-electron chi connectivity index (χ1n) is 5.34. The van der Waals surface area contributed by atoms with Gasteiger partial charge in [-0.25, -0.2) is 0 Å². The molecule has 16 heavy (non-hydrogen) atoms. The van der Waals surface area contributed by atoms with E-state index in [2.05, 4.69) is 10.1 Å². The summed E-state index contributed by atoms with van der Waals surface area (Å²) in [6, 6.07) is 0. The lowest BCUT2D eigenvalue weighted by Gasteiger charge is -2.21. The number of hydrogen-bond donors (Lipinski definition) is 2. The van der Waals surface area contributed by atoms with Crippen molar-refractivity contribution >= 4 is 0 Å². The van der Waals surface area contributed by atoms with Gasteiger partial charge < -0.3 is 20.1 Å². The van der Waals surface area contributed by atoms with Crippen LogP contribution in [0.3, 0.4) is 0 Å². The third-order valence-electron chi connectivity index (χ3n) is 2.77. The molecule has 1 rings (SSSR count). The van der Waals surface area contributed by atoms with E-state index in [1.54, 1.807) is 7.11 Å². The maximum absolute atomic E-state index is 9.63. The number of nitrogens with zero attached hydrogens (tertiary/aromatic N) is 2. The van der Waals surface area contributed by atoms with E-state index < -0.39 is 11.7 Å². The lowest BCUT2D eigenvalue weighted by molar-refractivity contribution is -0.0106. The number of aromatic nitrogens is 2. The van der Waals surface area contributed by atoms with E-state index in [1.165, 1.54) is 0 Å². The van der Waals surface area contributed by atoms with Crippen molar-refractivity contribution < 1.29 is 14.4 Å². The van der Waals surface area contributed by atoms with Crippen LogP contribution in [0.5, 0.6) is 0 Å². The van der Waals surface area contributed by atoms with Gasteiger partial charge in [-0.05, 0) is 26.3 Å². The van der Waals surface area contributed by atoms with E-state index >= 15 is 0 Å². The number of rotatable bonds is 6. The highest BCUT2D eigenvalue weighted by atomic mass is 16.5.